The van der Waals surface area contributed by atoms with Crippen molar-refractivity contribution in [1.82, 2.24) is 4.98 Å². The third kappa shape index (κ3) is 1.62. The molecule has 70 valence electrons. The maximum atomic E-state index is 10.5. The second kappa shape index (κ2) is 3.55. The van der Waals surface area contributed by atoms with Gasteiger partial charge in [0.15, 0.2) is 0 Å². The number of rotatable bonds is 2. The Morgan fingerprint density at radius 3 is 2.93 bits per heavy atom. The van der Waals surface area contributed by atoms with Crippen LogP contribution in [0.15, 0.2) is 35.8 Å². The highest BCUT2D eigenvalue weighted by molar-refractivity contribution is 7.13. The molecule has 2 rings (SSSR count). The summed E-state index contributed by atoms with van der Waals surface area (Å²) < 4.78 is 0. The lowest BCUT2D eigenvalue weighted by atomic mass is 10.3. The Hall–Kier alpha value is -1.75. The Labute approximate surface area is 84.0 Å². The largest absolute Gasteiger partial charge is 0.273 e. The topological polar surface area (TPSA) is 56.0 Å². The van der Waals surface area contributed by atoms with Crippen LogP contribution < -0.4 is 0 Å². The number of pyridine rings is 1. The molecule has 0 aliphatic rings. The summed E-state index contributed by atoms with van der Waals surface area (Å²) in [6.45, 7) is 0. The van der Waals surface area contributed by atoms with Gasteiger partial charge >= 0.3 is 0 Å². The van der Waals surface area contributed by atoms with Gasteiger partial charge in [-0.15, -0.1) is 11.3 Å². The van der Waals surface area contributed by atoms with Crippen LogP contribution in [0.25, 0.3) is 10.6 Å². The SMILES string of the molecule is O=[N+]([O-])c1ccnc(-c2cccs2)c1. The van der Waals surface area contributed by atoms with Crippen LogP contribution in [0.2, 0.25) is 0 Å². The van der Waals surface area contributed by atoms with Crippen LogP contribution in [0, 0.1) is 10.1 Å². The zero-order valence-corrected chi connectivity index (χ0v) is 7.90. The standard InChI is InChI=1S/C9H6N2O2S/c12-11(13)7-3-4-10-8(6-7)9-2-1-5-14-9/h1-6H. The third-order valence-corrected chi connectivity index (χ3v) is 2.62. The number of hydrogen-bond acceptors (Lipinski definition) is 4. The molecule has 0 unspecified atom stereocenters. The van der Waals surface area contributed by atoms with Gasteiger partial charge in [-0.05, 0) is 11.4 Å². The van der Waals surface area contributed by atoms with Crippen molar-refractivity contribution in [3.8, 4) is 10.6 Å². The van der Waals surface area contributed by atoms with Crippen LogP contribution in [0.3, 0.4) is 0 Å². The van der Waals surface area contributed by atoms with E-state index in [1.165, 1.54) is 29.7 Å². The number of nitrogens with zero attached hydrogens (tertiary/aromatic N) is 2. The van der Waals surface area contributed by atoms with Crippen molar-refractivity contribution >= 4 is 17.0 Å². The normalized spacial score (nSPS) is 10.0. The fourth-order valence-electron chi connectivity index (χ4n) is 1.09. The lowest BCUT2D eigenvalue weighted by Crippen LogP contribution is -1.89. The first kappa shape index (κ1) is 8.83. The van der Waals surface area contributed by atoms with Crippen molar-refractivity contribution in [3.05, 3.63) is 46.0 Å². The summed E-state index contributed by atoms with van der Waals surface area (Å²) in [4.78, 5) is 15.1. The summed E-state index contributed by atoms with van der Waals surface area (Å²) in [5.74, 6) is 0. The third-order valence-electron chi connectivity index (χ3n) is 1.73. The fraction of sp³-hybridized carbons (Fsp3) is 0. The Bertz CT molecular complexity index is 454. The summed E-state index contributed by atoms with van der Waals surface area (Å²) in [6, 6.07) is 6.64. The summed E-state index contributed by atoms with van der Waals surface area (Å²) in [5.41, 5.74) is 0.720. The molecule has 0 bridgehead atoms. The summed E-state index contributed by atoms with van der Waals surface area (Å²) >= 11 is 1.51. The van der Waals surface area contributed by atoms with Gasteiger partial charge in [-0.2, -0.15) is 0 Å². The molecule has 2 aromatic rings. The van der Waals surface area contributed by atoms with E-state index in [9.17, 15) is 10.1 Å². The van der Waals surface area contributed by atoms with E-state index in [2.05, 4.69) is 4.98 Å². The monoisotopic (exact) mass is 206 g/mol. The minimum atomic E-state index is -0.418. The molecular weight excluding hydrogens is 200 g/mol. The van der Waals surface area contributed by atoms with Crippen molar-refractivity contribution in [1.29, 1.82) is 0 Å². The predicted octanol–water partition coefficient (Wildman–Crippen LogP) is 2.72. The van der Waals surface area contributed by atoms with Crippen LogP contribution in [0.1, 0.15) is 0 Å². The Morgan fingerprint density at radius 1 is 1.43 bits per heavy atom. The molecule has 2 aromatic heterocycles. The van der Waals surface area contributed by atoms with Crippen LogP contribution >= 0.6 is 11.3 Å². The Morgan fingerprint density at radius 2 is 2.29 bits per heavy atom. The van der Waals surface area contributed by atoms with Gasteiger partial charge in [-0.25, -0.2) is 0 Å². The van der Waals surface area contributed by atoms with E-state index < -0.39 is 4.92 Å². The molecule has 0 fully saturated rings. The first-order valence-corrected chi connectivity index (χ1v) is 4.79. The lowest BCUT2D eigenvalue weighted by Gasteiger charge is -1.95. The molecule has 5 heteroatoms. The minimum Gasteiger partial charge on any atom is -0.258 e. The molecule has 0 N–H and O–H groups in total. The van der Waals surface area contributed by atoms with Gasteiger partial charge in [0.25, 0.3) is 5.69 Å². The van der Waals surface area contributed by atoms with E-state index in [0.717, 1.165) is 4.88 Å². The zero-order valence-electron chi connectivity index (χ0n) is 7.08. The van der Waals surface area contributed by atoms with E-state index >= 15 is 0 Å². The molecule has 0 spiro atoms. The van der Waals surface area contributed by atoms with Crippen molar-refractivity contribution in [2.24, 2.45) is 0 Å². The first-order chi connectivity index (χ1) is 6.77. The second-order valence-corrected chi connectivity index (χ2v) is 3.58. The van der Waals surface area contributed by atoms with E-state index in [0.29, 0.717) is 5.69 Å². The molecule has 2 heterocycles. The van der Waals surface area contributed by atoms with Gasteiger partial charge in [0.05, 0.1) is 15.5 Å². The summed E-state index contributed by atoms with van der Waals surface area (Å²) in [7, 11) is 0. The van der Waals surface area contributed by atoms with Gasteiger partial charge < -0.3 is 0 Å². The minimum absolute atomic E-state index is 0.0726. The average molecular weight is 206 g/mol. The highest BCUT2D eigenvalue weighted by Crippen LogP contribution is 2.25. The number of thiophene rings is 1. The van der Waals surface area contributed by atoms with Gasteiger partial charge in [-0.3, -0.25) is 15.1 Å². The Balaban J connectivity index is 2.46. The highest BCUT2D eigenvalue weighted by atomic mass is 32.1. The molecule has 4 nitrogen and oxygen atoms in total. The van der Waals surface area contributed by atoms with Crippen molar-refractivity contribution in [2.45, 2.75) is 0 Å². The van der Waals surface area contributed by atoms with E-state index in [-0.39, 0.29) is 5.69 Å². The second-order valence-electron chi connectivity index (χ2n) is 2.63. The van der Waals surface area contributed by atoms with Crippen LogP contribution in [-0.2, 0) is 0 Å². The highest BCUT2D eigenvalue weighted by Gasteiger charge is 2.08. The molecule has 0 aliphatic carbocycles. The van der Waals surface area contributed by atoms with E-state index in [1.54, 1.807) is 0 Å². The number of nitro groups is 1. The van der Waals surface area contributed by atoms with Crippen molar-refractivity contribution in [2.75, 3.05) is 0 Å². The van der Waals surface area contributed by atoms with Crippen LogP contribution in [0.5, 0.6) is 0 Å². The maximum Gasteiger partial charge on any atom is 0.273 e. The van der Waals surface area contributed by atoms with Gasteiger partial charge in [0.2, 0.25) is 0 Å². The lowest BCUT2D eigenvalue weighted by molar-refractivity contribution is -0.384. The summed E-state index contributed by atoms with van der Waals surface area (Å²) in [6.07, 6.45) is 1.45. The average Bonchev–Trinajstić information content (AvgIpc) is 2.71. The quantitative estimate of drug-likeness (QED) is 0.560. The van der Waals surface area contributed by atoms with Gasteiger partial charge in [0.1, 0.15) is 0 Å². The fourth-order valence-corrected chi connectivity index (χ4v) is 1.79. The molecule has 0 atom stereocenters. The van der Waals surface area contributed by atoms with Gasteiger partial charge in [0, 0.05) is 18.3 Å². The summed E-state index contributed by atoms with van der Waals surface area (Å²) in [5, 5.41) is 12.4. The molecule has 0 amide bonds. The smallest absolute Gasteiger partial charge is 0.258 e. The first-order valence-electron chi connectivity index (χ1n) is 3.92. The zero-order chi connectivity index (χ0) is 9.97. The van der Waals surface area contributed by atoms with Crippen LogP contribution in [-0.4, -0.2) is 9.91 Å². The van der Waals surface area contributed by atoms with Crippen molar-refractivity contribution < 1.29 is 4.92 Å². The molecule has 14 heavy (non-hydrogen) atoms. The van der Waals surface area contributed by atoms with Gasteiger partial charge in [-0.1, -0.05) is 6.07 Å². The molecule has 0 saturated carbocycles. The maximum absolute atomic E-state index is 10.5. The van der Waals surface area contributed by atoms with E-state index in [4.69, 9.17) is 0 Å². The molecule has 0 aliphatic heterocycles. The Kier molecular flexibility index (Phi) is 2.24. The van der Waals surface area contributed by atoms with E-state index in [1.807, 2.05) is 17.5 Å². The van der Waals surface area contributed by atoms with Crippen molar-refractivity contribution in [3.63, 3.8) is 0 Å². The number of hydrogen-bond donors (Lipinski definition) is 0. The predicted molar refractivity (Wildman–Crippen MR) is 54.2 cm³/mol. The molecule has 0 saturated heterocycles. The molecular formula is C9H6N2O2S. The molecule has 0 radical (unpaired) electrons. The number of aromatic nitrogens is 1. The molecule has 0 aromatic carbocycles. The van der Waals surface area contributed by atoms with Crippen LogP contribution in [0.4, 0.5) is 5.69 Å².